The Morgan fingerprint density at radius 2 is 2.17 bits per heavy atom. The molecule has 1 aliphatic carbocycles. The minimum atomic E-state index is -1.31. The summed E-state index contributed by atoms with van der Waals surface area (Å²) in [6, 6.07) is 1.13. The Balaban J connectivity index is 2.00. The zero-order valence-electron chi connectivity index (χ0n) is 10.1. The van der Waals surface area contributed by atoms with E-state index in [9.17, 15) is 9.18 Å². The van der Waals surface area contributed by atoms with Gasteiger partial charge in [0, 0.05) is 6.20 Å². The molecule has 1 fully saturated rings. The van der Waals surface area contributed by atoms with Crippen molar-refractivity contribution in [3.63, 3.8) is 0 Å². The van der Waals surface area contributed by atoms with Crippen molar-refractivity contribution in [2.45, 2.75) is 32.1 Å². The third-order valence-corrected chi connectivity index (χ3v) is 3.27. The SMILES string of the molecule is O=C(O)c1ccnc(OCC2CCCCC2)c1F. The minimum absolute atomic E-state index is 0.208. The molecule has 0 aliphatic heterocycles. The van der Waals surface area contributed by atoms with Gasteiger partial charge in [0.2, 0.25) is 0 Å². The number of carbonyl (C=O) groups is 1. The topological polar surface area (TPSA) is 59.4 Å². The first-order chi connectivity index (χ1) is 8.68. The van der Waals surface area contributed by atoms with Crippen LogP contribution in [0.5, 0.6) is 5.88 Å². The van der Waals surface area contributed by atoms with Crippen LogP contribution in [0.1, 0.15) is 42.5 Å². The van der Waals surface area contributed by atoms with E-state index in [2.05, 4.69) is 4.98 Å². The Bertz CT molecular complexity index is 430. The third-order valence-electron chi connectivity index (χ3n) is 3.27. The summed E-state index contributed by atoms with van der Waals surface area (Å²) in [7, 11) is 0. The van der Waals surface area contributed by atoms with E-state index in [1.54, 1.807) is 0 Å². The number of hydrogen-bond donors (Lipinski definition) is 1. The summed E-state index contributed by atoms with van der Waals surface area (Å²) < 4.78 is 19.0. The van der Waals surface area contributed by atoms with E-state index in [1.807, 2.05) is 0 Å². The molecule has 18 heavy (non-hydrogen) atoms. The zero-order valence-corrected chi connectivity index (χ0v) is 10.1. The van der Waals surface area contributed by atoms with Gasteiger partial charge in [-0.1, -0.05) is 19.3 Å². The highest BCUT2D eigenvalue weighted by molar-refractivity contribution is 5.88. The Hall–Kier alpha value is -1.65. The second-order valence-electron chi connectivity index (χ2n) is 4.60. The average Bonchev–Trinajstić information content (AvgIpc) is 2.38. The van der Waals surface area contributed by atoms with Gasteiger partial charge in [0.15, 0.2) is 5.82 Å². The number of halogens is 1. The lowest BCUT2D eigenvalue weighted by Crippen LogP contribution is -2.16. The van der Waals surface area contributed by atoms with Crippen LogP contribution in [0.3, 0.4) is 0 Å². The maximum Gasteiger partial charge on any atom is 0.338 e. The number of rotatable bonds is 4. The summed E-state index contributed by atoms with van der Waals surface area (Å²) in [5, 5.41) is 8.78. The Morgan fingerprint density at radius 1 is 1.44 bits per heavy atom. The molecule has 1 saturated carbocycles. The molecule has 1 aromatic heterocycles. The zero-order chi connectivity index (χ0) is 13.0. The average molecular weight is 253 g/mol. The minimum Gasteiger partial charge on any atom is -0.478 e. The lowest BCUT2D eigenvalue weighted by Gasteiger charge is -2.21. The van der Waals surface area contributed by atoms with Crippen molar-refractivity contribution in [1.29, 1.82) is 0 Å². The third kappa shape index (κ3) is 2.97. The highest BCUT2D eigenvalue weighted by atomic mass is 19.1. The standard InChI is InChI=1S/C13H16FNO3/c14-11-10(13(16)17)6-7-15-12(11)18-8-9-4-2-1-3-5-9/h6-7,9H,1-5,8H2,(H,16,17). The first-order valence-electron chi connectivity index (χ1n) is 6.19. The van der Waals surface area contributed by atoms with Crippen LogP contribution < -0.4 is 4.74 Å². The lowest BCUT2D eigenvalue weighted by atomic mass is 9.90. The van der Waals surface area contributed by atoms with Gasteiger partial charge in [0.1, 0.15) is 5.56 Å². The second-order valence-corrected chi connectivity index (χ2v) is 4.60. The molecule has 4 nitrogen and oxygen atoms in total. The maximum absolute atomic E-state index is 13.7. The fourth-order valence-corrected chi connectivity index (χ4v) is 2.24. The van der Waals surface area contributed by atoms with Crippen LogP contribution in [0.15, 0.2) is 12.3 Å². The van der Waals surface area contributed by atoms with Crippen molar-refractivity contribution in [3.8, 4) is 5.88 Å². The summed E-state index contributed by atoms with van der Waals surface area (Å²) in [6.07, 6.45) is 7.03. The van der Waals surface area contributed by atoms with Crippen LogP contribution in [0.4, 0.5) is 4.39 Å². The molecule has 0 radical (unpaired) electrons. The quantitative estimate of drug-likeness (QED) is 0.896. The molecule has 2 rings (SSSR count). The predicted octanol–water partition coefficient (Wildman–Crippen LogP) is 2.88. The van der Waals surface area contributed by atoms with E-state index in [1.165, 1.54) is 25.5 Å². The Kier molecular flexibility index (Phi) is 4.12. The molecule has 1 aliphatic rings. The molecular formula is C13H16FNO3. The molecule has 0 atom stereocenters. The van der Waals surface area contributed by atoms with Crippen LogP contribution in [0.2, 0.25) is 0 Å². The molecule has 1 heterocycles. The molecule has 0 bridgehead atoms. The number of aromatic nitrogens is 1. The number of nitrogens with zero attached hydrogens (tertiary/aromatic N) is 1. The van der Waals surface area contributed by atoms with E-state index in [0.29, 0.717) is 12.5 Å². The fraction of sp³-hybridized carbons (Fsp3) is 0.538. The van der Waals surface area contributed by atoms with Crippen molar-refractivity contribution in [3.05, 3.63) is 23.6 Å². The molecule has 1 N–H and O–H groups in total. The summed E-state index contributed by atoms with van der Waals surface area (Å²) in [4.78, 5) is 14.5. The number of hydrogen-bond acceptors (Lipinski definition) is 3. The van der Waals surface area contributed by atoms with E-state index in [0.717, 1.165) is 18.9 Å². The van der Waals surface area contributed by atoms with Gasteiger partial charge in [-0.15, -0.1) is 0 Å². The van der Waals surface area contributed by atoms with Crippen LogP contribution in [0, 0.1) is 11.7 Å². The van der Waals surface area contributed by atoms with Crippen LogP contribution in [0.25, 0.3) is 0 Å². The van der Waals surface area contributed by atoms with Gasteiger partial charge < -0.3 is 9.84 Å². The van der Waals surface area contributed by atoms with E-state index < -0.39 is 17.3 Å². The number of carboxylic acids is 1. The summed E-state index contributed by atoms with van der Waals surface area (Å²) in [6.45, 7) is 0.410. The van der Waals surface area contributed by atoms with Crippen LogP contribution in [-0.4, -0.2) is 22.7 Å². The van der Waals surface area contributed by atoms with Gasteiger partial charge in [-0.05, 0) is 24.8 Å². The first-order valence-corrected chi connectivity index (χ1v) is 6.19. The molecule has 0 unspecified atom stereocenters. The van der Waals surface area contributed by atoms with E-state index in [-0.39, 0.29) is 5.88 Å². The molecule has 98 valence electrons. The number of ether oxygens (including phenoxy) is 1. The van der Waals surface area contributed by atoms with Gasteiger partial charge in [0.25, 0.3) is 5.88 Å². The maximum atomic E-state index is 13.7. The smallest absolute Gasteiger partial charge is 0.338 e. The molecule has 0 aromatic carbocycles. The predicted molar refractivity (Wildman–Crippen MR) is 63.2 cm³/mol. The highest BCUT2D eigenvalue weighted by Gasteiger charge is 2.19. The normalized spacial score (nSPS) is 16.5. The fourth-order valence-electron chi connectivity index (χ4n) is 2.24. The van der Waals surface area contributed by atoms with Gasteiger partial charge in [-0.3, -0.25) is 0 Å². The summed E-state index contributed by atoms with van der Waals surface area (Å²) in [5.41, 5.74) is -0.399. The Morgan fingerprint density at radius 3 is 2.83 bits per heavy atom. The molecule has 0 spiro atoms. The van der Waals surface area contributed by atoms with Gasteiger partial charge in [0.05, 0.1) is 6.61 Å². The molecule has 0 amide bonds. The van der Waals surface area contributed by atoms with Crippen molar-refractivity contribution in [2.75, 3.05) is 6.61 Å². The van der Waals surface area contributed by atoms with Crippen molar-refractivity contribution < 1.29 is 19.0 Å². The largest absolute Gasteiger partial charge is 0.478 e. The molecule has 1 aromatic rings. The number of aromatic carboxylic acids is 1. The van der Waals surface area contributed by atoms with Crippen molar-refractivity contribution in [1.82, 2.24) is 4.98 Å². The number of carboxylic acid groups (broad SMARTS) is 1. The molecule has 0 saturated heterocycles. The summed E-state index contributed by atoms with van der Waals surface area (Å²) >= 11 is 0. The monoisotopic (exact) mass is 253 g/mol. The van der Waals surface area contributed by atoms with Gasteiger partial charge in [-0.25, -0.2) is 14.2 Å². The molecular weight excluding hydrogens is 237 g/mol. The second kappa shape index (κ2) is 5.80. The summed E-state index contributed by atoms with van der Waals surface area (Å²) in [5.74, 6) is -1.98. The number of pyridine rings is 1. The molecule has 5 heteroatoms. The van der Waals surface area contributed by atoms with Crippen molar-refractivity contribution in [2.24, 2.45) is 5.92 Å². The van der Waals surface area contributed by atoms with E-state index in [4.69, 9.17) is 9.84 Å². The van der Waals surface area contributed by atoms with Gasteiger partial charge >= 0.3 is 5.97 Å². The van der Waals surface area contributed by atoms with Crippen LogP contribution in [-0.2, 0) is 0 Å². The lowest BCUT2D eigenvalue weighted by molar-refractivity contribution is 0.0690. The Labute approximate surface area is 105 Å². The van der Waals surface area contributed by atoms with E-state index >= 15 is 0 Å². The first kappa shape index (κ1) is 12.8. The van der Waals surface area contributed by atoms with Crippen LogP contribution >= 0.6 is 0 Å². The van der Waals surface area contributed by atoms with Gasteiger partial charge in [-0.2, -0.15) is 0 Å². The van der Waals surface area contributed by atoms with Crippen molar-refractivity contribution >= 4 is 5.97 Å². The highest BCUT2D eigenvalue weighted by Crippen LogP contribution is 2.25.